The van der Waals surface area contributed by atoms with E-state index in [4.69, 9.17) is 16.6 Å². The monoisotopic (exact) mass is 242 g/mol. The highest BCUT2D eigenvalue weighted by Gasteiger charge is 2.28. The summed E-state index contributed by atoms with van der Waals surface area (Å²) in [7, 11) is 0. The van der Waals surface area contributed by atoms with Gasteiger partial charge in [0.2, 0.25) is 0 Å². The minimum absolute atomic E-state index is 0.00315. The van der Waals surface area contributed by atoms with Gasteiger partial charge >= 0.3 is 5.97 Å². The summed E-state index contributed by atoms with van der Waals surface area (Å²) in [6, 6.07) is -0.279. The molecule has 0 amide bonds. The van der Waals surface area contributed by atoms with Crippen LogP contribution in [0.1, 0.15) is 39.0 Å². The summed E-state index contributed by atoms with van der Waals surface area (Å²) in [5.74, 6) is -0.829. The van der Waals surface area contributed by atoms with Crippen molar-refractivity contribution in [2.45, 2.75) is 51.1 Å². The van der Waals surface area contributed by atoms with Crippen LogP contribution < -0.4 is 11.5 Å². The Morgan fingerprint density at radius 1 is 1.41 bits per heavy atom. The van der Waals surface area contributed by atoms with Crippen LogP contribution in [0.25, 0.3) is 0 Å². The standard InChI is InChI=1S/C11H22N4O2/c1-8(10(16)17)15(7-14-11(12)13)9-5-3-2-4-6-9/h8-9H,2-7H2,1H3,(H,16,17)(H4,12,13,14)/t8-/m0/s1. The topological polar surface area (TPSA) is 105 Å². The number of rotatable bonds is 5. The molecule has 1 saturated carbocycles. The minimum atomic E-state index is -0.832. The zero-order chi connectivity index (χ0) is 12.8. The minimum Gasteiger partial charge on any atom is -0.480 e. The summed E-state index contributed by atoms with van der Waals surface area (Å²) in [6.07, 6.45) is 5.58. The lowest BCUT2D eigenvalue weighted by molar-refractivity contribution is -0.143. The second kappa shape index (κ2) is 6.44. The maximum Gasteiger partial charge on any atom is 0.320 e. The molecule has 0 aromatic carbocycles. The number of hydrogen-bond acceptors (Lipinski definition) is 3. The van der Waals surface area contributed by atoms with Crippen molar-refractivity contribution >= 4 is 11.9 Å². The third kappa shape index (κ3) is 4.22. The Morgan fingerprint density at radius 2 is 2.00 bits per heavy atom. The van der Waals surface area contributed by atoms with E-state index in [2.05, 4.69) is 4.99 Å². The molecule has 0 spiro atoms. The van der Waals surface area contributed by atoms with Gasteiger partial charge in [-0.2, -0.15) is 0 Å². The van der Waals surface area contributed by atoms with Crippen molar-refractivity contribution in [3.8, 4) is 0 Å². The Bertz CT molecular complexity index is 283. The average Bonchev–Trinajstić information content (AvgIpc) is 2.30. The molecule has 17 heavy (non-hydrogen) atoms. The number of carboxylic acids is 1. The number of carboxylic acid groups (broad SMARTS) is 1. The van der Waals surface area contributed by atoms with E-state index in [1.807, 2.05) is 4.90 Å². The van der Waals surface area contributed by atoms with Crippen molar-refractivity contribution < 1.29 is 9.90 Å². The number of carbonyl (C=O) groups is 1. The highest BCUT2D eigenvalue weighted by atomic mass is 16.4. The molecule has 0 unspecified atom stereocenters. The van der Waals surface area contributed by atoms with E-state index in [1.54, 1.807) is 6.92 Å². The molecule has 6 nitrogen and oxygen atoms in total. The number of nitrogens with zero attached hydrogens (tertiary/aromatic N) is 2. The van der Waals surface area contributed by atoms with Crippen LogP contribution >= 0.6 is 0 Å². The number of nitrogens with two attached hydrogens (primary N) is 2. The maximum atomic E-state index is 11.1. The summed E-state index contributed by atoms with van der Waals surface area (Å²) in [5.41, 5.74) is 10.6. The van der Waals surface area contributed by atoms with E-state index in [0.717, 1.165) is 25.7 Å². The fourth-order valence-electron chi connectivity index (χ4n) is 2.27. The quantitative estimate of drug-likeness (QED) is 0.476. The van der Waals surface area contributed by atoms with Crippen LogP contribution in [0.2, 0.25) is 0 Å². The molecule has 0 heterocycles. The molecule has 5 N–H and O–H groups in total. The molecule has 0 saturated heterocycles. The number of aliphatic imine (C=N–C) groups is 1. The van der Waals surface area contributed by atoms with Gasteiger partial charge in [-0.15, -0.1) is 0 Å². The predicted molar refractivity (Wildman–Crippen MR) is 66.5 cm³/mol. The molecule has 0 radical (unpaired) electrons. The molecule has 0 aliphatic heterocycles. The summed E-state index contributed by atoms with van der Waals surface area (Å²) >= 11 is 0. The van der Waals surface area contributed by atoms with Crippen LogP contribution in [0.4, 0.5) is 0 Å². The molecule has 0 bridgehead atoms. The summed E-state index contributed by atoms with van der Waals surface area (Å²) in [5, 5.41) is 9.10. The molecule has 1 fully saturated rings. The molecule has 1 aliphatic rings. The van der Waals surface area contributed by atoms with Gasteiger partial charge in [0.05, 0.1) is 6.67 Å². The molecule has 6 heteroatoms. The predicted octanol–water partition coefficient (Wildman–Crippen LogP) is 0.325. The van der Waals surface area contributed by atoms with Crippen molar-refractivity contribution in [2.75, 3.05) is 6.67 Å². The van der Waals surface area contributed by atoms with Gasteiger partial charge in [-0.3, -0.25) is 9.69 Å². The first-order chi connectivity index (χ1) is 8.02. The summed E-state index contributed by atoms with van der Waals surface area (Å²) in [6.45, 7) is 1.94. The van der Waals surface area contributed by atoms with E-state index < -0.39 is 12.0 Å². The Labute approximate surface area is 102 Å². The van der Waals surface area contributed by atoms with Gasteiger partial charge in [0.15, 0.2) is 5.96 Å². The second-order valence-corrected chi connectivity index (χ2v) is 4.54. The Kier molecular flexibility index (Phi) is 5.21. The first-order valence-corrected chi connectivity index (χ1v) is 6.06. The molecule has 1 atom stereocenters. The molecule has 1 aliphatic carbocycles. The van der Waals surface area contributed by atoms with E-state index in [-0.39, 0.29) is 18.7 Å². The number of guanidine groups is 1. The zero-order valence-electron chi connectivity index (χ0n) is 10.3. The Hall–Kier alpha value is -1.30. The van der Waals surface area contributed by atoms with Gasteiger partial charge in [-0.25, -0.2) is 4.99 Å². The van der Waals surface area contributed by atoms with E-state index in [9.17, 15) is 4.79 Å². The first kappa shape index (κ1) is 13.8. The molecule has 1 rings (SSSR count). The lowest BCUT2D eigenvalue weighted by Gasteiger charge is -2.35. The molecule has 0 aromatic rings. The summed E-state index contributed by atoms with van der Waals surface area (Å²) in [4.78, 5) is 16.9. The normalized spacial score (nSPS) is 18.9. The van der Waals surface area contributed by atoms with Gasteiger partial charge in [-0.1, -0.05) is 19.3 Å². The molecule has 0 aromatic heterocycles. The van der Waals surface area contributed by atoms with E-state index in [0.29, 0.717) is 0 Å². The Balaban J connectivity index is 2.69. The van der Waals surface area contributed by atoms with Crippen LogP contribution in [-0.4, -0.2) is 40.7 Å². The Morgan fingerprint density at radius 3 is 2.47 bits per heavy atom. The van der Waals surface area contributed by atoms with Gasteiger partial charge in [0, 0.05) is 6.04 Å². The smallest absolute Gasteiger partial charge is 0.320 e. The van der Waals surface area contributed by atoms with Crippen molar-refractivity contribution in [1.82, 2.24) is 4.90 Å². The lowest BCUT2D eigenvalue weighted by atomic mass is 9.93. The van der Waals surface area contributed by atoms with Gasteiger partial charge < -0.3 is 16.6 Å². The van der Waals surface area contributed by atoms with Gasteiger partial charge in [0.1, 0.15) is 6.04 Å². The third-order valence-electron chi connectivity index (χ3n) is 3.32. The zero-order valence-corrected chi connectivity index (χ0v) is 10.3. The second-order valence-electron chi connectivity index (χ2n) is 4.54. The maximum absolute atomic E-state index is 11.1. The van der Waals surface area contributed by atoms with Crippen LogP contribution in [0.15, 0.2) is 4.99 Å². The van der Waals surface area contributed by atoms with E-state index in [1.165, 1.54) is 6.42 Å². The van der Waals surface area contributed by atoms with Crippen LogP contribution in [0, 0.1) is 0 Å². The van der Waals surface area contributed by atoms with Crippen LogP contribution in [-0.2, 0) is 4.79 Å². The van der Waals surface area contributed by atoms with Crippen molar-refractivity contribution in [3.05, 3.63) is 0 Å². The third-order valence-corrected chi connectivity index (χ3v) is 3.32. The fourth-order valence-corrected chi connectivity index (χ4v) is 2.27. The van der Waals surface area contributed by atoms with Crippen LogP contribution in [0.5, 0.6) is 0 Å². The van der Waals surface area contributed by atoms with E-state index >= 15 is 0 Å². The number of hydrogen-bond donors (Lipinski definition) is 3. The van der Waals surface area contributed by atoms with Crippen molar-refractivity contribution in [3.63, 3.8) is 0 Å². The van der Waals surface area contributed by atoms with Crippen molar-refractivity contribution in [1.29, 1.82) is 0 Å². The summed E-state index contributed by atoms with van der Waals surface area (Å²) < 4.78 is 0. The van der Waals surface area contributed by atoms with Gasteiger partial charge in [0.25, 0.3) is 0 Å². The van der Waals surface area contributed by atoms with Crippen molar-refractivity contribution in [2.24, 2.45) is 16.5 Å². The SMILES string of the molecule is C[C@@H](C(=O)O)N(CN=C(N)N)C1CCCCC1. The molecule has 98 valence electrons. The highest BCUT2D eigenvalue weighted by Crippen LogP contribution is 2.24. The highest BCUT2D eigenvalue weighted by molar-refractivity contribution is 5.76. The first-order valence-electron chi connectivity index (χ1n) is 6.06. The molecular formula is C11H22N4O2. The van der Waals surface area contributed by atoms with Crippen LogP contribution in [0.3, 0.4) is 0 Å². The molecular weight excluding hydrogens is 220 g/mol. The number of aliphatic carboxylic acids is 1. The fraction of sp³-hybridized carbons (Fsp3) is 0.818. The average molecular weight is 242 g/mol. The largest absolute Gasteiger partial charge is 0.480 e. The lowest BCUT2D eigenvalue weighted by Crippen LogP contribution is -2.47. The van der Waals surface area contributed by atoms with Gasteiger partial charge in [-0.05, 0) is 19.8 Å².